The van der Waals surface area contributed by atoms with Crippen molar-refractivity contribution in [1.82, 2.24) is 5.32 Å². The topological polar surface area (TPSA) is 111 Å². The number of nitro groups is 1. The first-order chi connectivity index (χ1) is 11.8. The van der Waals surface area contributed by atoms with Gasteiger partial charge in [0.05, 0.1) is 23.6 Å². The minimum absolute atomic E-state index is 0.0630. The molecular formula is C17H24N2O6. The van der Waals surface area contributed by atoms with Gasteiger partial charge in [0.15, 0.2) is 0 Å². The lowest BCUT2D eigenvalue weighted by molar-refractivity contribution is -0.385. The number of hydrogen-bond acceptors (Lipinski definition) is 7. The van der Waals surface area contributed by atoms with E-state index in [1.165, 1.54) is 12.1 Å². The van der Waals surface area contributed by atoms with Crippen molar-refractivity contribution >= 4 is 11.7 Å². The molecule has 0 aliphatic carbocycles. The highest BCUT2D eigenvalue weighted by molar-refractivity contribution is 5.69. The molecule has 138 valence electrons. The van der Waals surface area contributed by atoms with E-state index in [-0.39, 0.29) is 18.1 Å². The van der Waals surface area contributed by atoms with E-state index in [4.69, 9.17) is 9.47 Å². The molecule has 8 heteroatoms. The SMILES string of the molecule is CCOC(=O)CCCNC1c2ccc([N+](=O)[O-])cc2OC(C)(C)C1O. The van der Waals surface area contributed by atoms with E-state index in [1.807, 2.05) is 0 Å². The summed E-state index contributed by atoms with van der Waals surface area (Å²) in [6.45, 7) is 6.06. The van der Waals surface area contributed by atoms with Crippen LogP contribution in [-0.4, -0.2) is 40.9 Å². The summed E-state index contributed by atoms with van der Waals surface area (Å²) < 4.78 is 10.6. The number of esters is 1. The van der Waals surface area contributed by atoms with Crippen LogP contribution < -0.4 is 10.1 Å². The van der Waals surface area contributed by atoms with Crippen LogP contribution in [-0.2, 0) is 9.53 Å². The number of non-ortho nitro benzene ring substituents is 1. The summed E-state index contributed by atoms with van der Waals surface area (Å²) in [6, 6.07) is 3.91. The third kappa shape index (κ3) is 4.46. The molecule has 1 aliphatic heterocycles. The van der Waals surface area contributed by atoms with Crippen LogP contribution in [0.4, 0.5) is 5.69 Å². The maximum Gasteiger partial charge on any atom is 0.305 e. The number of fused-ring (bicyclic) bond motifs is 1. The monoisotopic (exact) mass is 352 g/mol. The zero-order chi connectivity index (χ0) is 18.6. The fraction of sp³-hybridized carbons (Fsp3) is 0.588. The van der Waals surface area contributed by atoms with Gasteiger partial charge in [-0.1, -0.05) is 0 Å². The quantitative estimate of drug-likeness (QED) is 0.334. The first-order valence-electron chi connectivity index (χ1n) is 8.30. The van der Waals surface area contributed by atoms with E-state index in [0.717, 1.165) is 0 Å². The molecule has 8 nitrogen and oxygen atoms in total. The lowest BCUT2D eigenvalue weighted by Gasteiger charge is -2.42. The van der Waals surface area contributed by atoms with E-state index in [9.17, 15) is 20.0 Å². The molecule has 1 aromatic rings. The molecule has 0 saturated carbocycles. The number of aliphatic hydroxyl groups is 1. The third-order valence-electron chi connectivity index (χ3n) is 4.17. The molecule has 0 fully saturated rings. The van der Waals surface area contributed by atoms with E-state index >= 15 is 0 Å². The number of carbonyl (C=O) groups is 1. The fourth-order valence-electron chi connectivity index (χ4n) is 2.84. The van der Waals surface area contributed by atoms with E-state index in [1.54, 1.807) is 26.8 Å². The second-order valence-electron chi connectivity index (χ2n) is 6.47. The molecule has 1 heterocycles. The van der Waals surface area contributed by atoms with Crippen molar-refractivity contribution in [3.63, 3.8) is 0 Å². The molecule has 0 spiro atoms. The highest BCUT2D eigenvalue weighted by Gasteiger charge is 2.43. The number of ether oxygens (including phenoxy) is 2. The average Bonchev–Trinajstić information content (AvgIpc) is 2.54. The summed E-state index contributed by atoms with van der Waals surface area (Å²) in [4.78, 5) is 21.9. The number of aliphatic hydroxyl groups excluding tert-OH is 1. The van der Waals surface area contributed by atoms with Crippen LogP contribution in [0.5, 0.6) is 5.75 Å². The van der Waals surface area contributed by atoms with Crippen LogP contribution in [0, 0.1) is 10.1 Å². The number of benzene rings is 1. The van der Waals surface area contributed by atoms with Crippen LogP contribution >= 0.6 is 0 Å². The predicted octanol–water partition coefficient (Wildman–Crippen LogP) is 2.10. The fourth-order valence-corrected chi connectivity index (χ4v) is 2.84. The van der Waals surface area contributed by atoms with Gasteiger partial charge >= 0.3 is 5.97 Å². The van der Waals surface area contributed by atoms with Crippen molar-refractivity contribution < 1.29 is 24.3 Å². The van der Waals surface area contributed by atoms with Crippen LogP contribution in [0.25, 0.3) is 0 Å². The van der Waals surface area contributed by atoms with Gasteiger partial charge in [-0.25, -0.2) is 0 Å². The van der Waals surface area contributed by atoms with Gasteiger partial charge in [-0.3, -0.25) is 14.9 Å². The molecule has 1 aromatic carbocycles. The standard InChI is InChI=1S/C17H24N2O6/c1-4-24-14(20)6-5-9-18-15-12-8-7-11(19(22)23)10-13(12)25-17(2,3)16(15)21/h7-8,10,15-16,18,21H,4-6,9H2,1-3H3. The van der Waals surface area contributed by atoms with Gasteiger partial charge in [-0.15, -0.1) is 0 Å². The highest BCUT2D eigenvalue weighted by Crippen LogP contribution is 2.41. The molecule has 0 bridgehead atoms. The predicted molar refractivity (Wildman–Crippen MR) is 90.4 cm³/mol. The molecule has 0 aromatic heterocycles. The number of nitrogens with zero attached hydrogens (tertiary/aromatic N) is 1. The van der Waals surface area contributed by atoms with Gasteiger partial charge in [0.1, 0.15) is 17.5 Å². The summed E-state index contributed by atoms with van der Waals surface area (Å²) in [6.07, 6.45) is 0.00605. The van der Waals surface area contributed by atoms with Crippen LogP contribution in [0.15, 0.2) is 18.2 Å². The summed E-state index contributed by atoms with van der Waals surface area (Å²) in [5, 5.41) is 24.8. The van der Waals surface area contributed by atoms with Crippen molar-refractivity contribution in [1.29, 1.82) is 0 Å². The van der Waals surface area contributed by atoms with Crippen molar-refractivity contribution in [2.75, 3.05) is 13.2 Å². The van der Waals surface area contributed by atoms with Crippen molar-refractivity contribution in [2.45, 2.75) is 51.4 Å². The highest BCUT2D eigenvalue weighted by atomic mass is 16.6. The number of rotatable bonds is 7. The average molecular weight is 352 g/mol. The summed E-state index contributed by atoms with van der Waals surface area (Å²) in [5.41, 5.74) is -0.304. The van der Waals surface area contributed by atoms with E-state index < -0.39 is 22.7 Å². The third-order valence-corrected chi connectivity index (χ3v) is 4.17. The Morgan fingerprint density at radius 2 is 2.20 bits per heavy atom. The van der Waals surface area contributed by atoms with Crippen molar-refractivity contribution in [3.05, 3.63) is 33.9 Å². The number of carbonyl (C=O) groups excluding carboxylic acids is 1. The second-order valence-corrected chi connectivity index (χ2v) is 6.47. The Bertz CT molecular complexity index is 646. The Morgan fingerprint density at radius 1 is 1.48 bits per heavy atom. The number of hydrogen-bond donors (Lipinski definition) is 2. The van der Waals surface area contributed by atoms with Gasteiger partial charge in [-0.2, -0.15) is 0 Å². The van der Waals surface area contributed by atoms with Crippen molar-refractivity contribution in [3.8, 4) is 5.75 Å². The molecule has 0 radical (unpaired) electrons. The molecule has 2 N–H and O–H groups in total. The minimum Gasteiger partial charge on any atom is -0.484 e. The zero-order valence-electron chi connectivity index (χ0n) is 14.7. The van der Waals surface area contributed by atoms with Gasteiger partial charge in [0.2, 0.25) is 0 Å². The summed E-state index contributed by atoms with van der Waals surface area (Å²) in [7, 11) is 0. The van der Waals surface area contributed by atoms with E-state index in [0.29, 0.717) is 30.9 Å². The Kier molecular flexibility index (Phi) is 5.97. The van der Waals surface area contributed by atoms with Gasteiger partial charge < -0.3 is 19.9 Å². The van der Waals surface area contributed by atoms with Gasteiger partial charge in [-0.05, 0) is 39.8 Å². The van der Waals surface area contributed by atoms with Crippen LogP contribution in [0.3, 0.4) is 0 Å². The zero-order valence-corrected chi connectivity index (χ0v) is 14.7. The maximum atomic E-state index is 11.4. The molecular weight excluding hydrogens is 328 g/mol. The number of nitrogens with one attached hydrogen (secondary N) is 1. The summed E-state index contributed by atoms with van der Waals surface area (Å²) >= 11 is 0. The van der Waals surface area contributed by atoms with E-state index in [2.05, 4.69) is 5.32 Å². The Hall–Kier alpha value is -2.19. The molecule has 2 atom stereocenters. The largest absolute Gasteiger partial charge is 0.484 e. The summed E-state index contributed by atoms with van der Waals surface area (Å²) in [5.74, 6) is 0.126. The minimum atomic E-state index is -0.902. The molecule has 0 amide bonds. The van der Waals surface area contributed by atoms with Gasteiger partial charge in [0.25, 0.3) is 5.69 Å². The van der Waals surface area contributed by atoms with Gasteiger partial charge in [0, 0.05) is 18.1 Å². The van der Waals surface area contributed by atoms with Crippen LogP contribution in [0.1, 0.15) is 45.2 Å². The molecule has 2 rings (SSSR count). The Balaban J connectivity index is 2.11. The Morgan fingerprint density at radius 3 is 2.84 bits per heavy atom. The smallest absolute Gasteiger partial charge is 0.305 e. The second kappa shape index (κ2) is 7.79. The number of nitro benzene ring substituents is 1. The normalized spacial score (nSPS) is 21.1. The molecule has 0 saturated heterocycles. The Labute approximate surface area is 146 Å². The van der Waals surface area contributed by atoms with Crippen LogP contribution in [0.2, 0.25) is 0 Å². The lowest BCUT2D eigenvalue weighted by atomic mass is 9.86. The molecule has 2 unspecified atom stereocenters. The molecule has 1 aliphatic rings. The molecule has 25 heavy (non-hydrogen) atoms. The first-order valence-corrected chi connectivity index (χ1v) is 8.30. The maximum absolute atomic E-state index is 11.4. The van der Waals surface area contributed by atoms with Crippen molar-refractivity contribution in [2.24, 2.45) is 0 Å². The first kappa shape index (κ1) is 19.1. The lowest BCUT2D eigenvalue weighted by Crippen LogP contribution is -2.52.